The molecule has 0 aliphatic heterocycles. The summed E-state index contributed by atoms with van der Waals surface area (Å²) in [6, 6.07) is 0. The molecular formula is C11H12N4O4. The molecule has 1 N–H and O–H groups in total. The predicted octanol–water partition coefficient (Wildman–Crippen LogP) is 0.616. The highest BCUT2D eigenvalue weighted by Crippen LogP contribution is 2.14. The standard InChI is InChI=1S/C11H12N4O4/c1-4-19-10(18)7-5(2)12-11-13-8(9(16)17)14-15(11)6(7)3/h4H2,1-3H3,(H,16,17). The van der Waals surface area contributed by atoms with Crippen LogP contribution in [0.1, 0.15) is 39.3 Å². The van der Waals surface area contributed by atoms with Crippen LogP contribution in [-0.4, -0.2) is 43.2 Å². The zero-order valence-corrected chi connectivity index (χ0v) is 10.7. The van der Waals surface area contributed by atoms with Gasteiger partial charge in [-0.05, 0) is 20.8 Å². The molecule has 0 radical (unpaired) electrons. The monoisotopic (exact) mass is 264 g/mol. The Morgan fingerprint density at radius 2 is 2.00 bits per heavy atom. The quantitative estimate of drug-likeness (QED) is 0.809. The van der Waals surface area contributed by atoms with Gasteiger partial charge in [-0.3, -0.25) is 0 Å². The fourth-order valence-electron chi connectivity index (χ4n) is 1.76. The summed E-state index contributed by atoms with van der Waals surface area (Å²) < 4.78 is 6.16. The number of hydrogen-bond donors (Lipinski definition) is 1. The molecule has 0 aromatic carbocycles. The number of carboxylic acid groups (broad SMARTS) is 1. The molecule has 100 valence electrons. The van der Waals surface area contributed by atoms with Crippen LogP contribution >= 0.6 is 0 Å². The van der Waals surface area contributed by atoms with Gasteiger partial charge in [0.15, 0.2) is 0 Å². The third kappa shape index (κ3) is 2.12. The first-order valence-corrected chi connectivity index (χ1v) is 5.60. The molecule has 0 aliphatic carbocycles. The van der Waals surface area contributed by atoms with E-state index in [0.29, 0.717) is 11.4 Å². The number of carbonyl (C=O) groups excluding carboxylic acids is 1. The lowest BCUT2D eigenvalue weighted by molar-refractivity contribution is 0.0522. The normalized spacial score (nSPS) is 10.7. The van der Waals surface area contributed by atoms with Crippen molar-refractivity contribution in [1.29, 1.82) is 0 Å². The maximum Gasteiger partial charge on any atom is 0.375 e. The van der Waals surface area contributed by atoms with Crippen molar-refractivity contribution >= 4 is 17.7 Å². The van der Waals surface area contributed by atoms with Crippen molar-refractivity contribution < 1.29 is 19.4 Å². The van der Waals surface area contributed by atoms with E-state index in [9.17, 15) is 9.59 Å². The van der Waals surface area contributed by atoms with E-state index >= 15 is 0 Å². The summed E-state index contributed by atoms with van der Waals surface area (Å²) in [4.78, 5) is 30.5. The van der Waals surface area contributed by atoms with E-state index in [4.69, 9.17) is 9.84 Å². The summed E-state index contributed by atoms with van der Waals surface area (Å²) in [5.74, 6) is -1.99. The number of aryl methyl sites for hydroxylation is 2. The van der Waals surface area contributed by atoms with E-state index in [2.05, 4.69) is 15.1 Å². The average molecular weight is 264 g/mol. The van der Waals surface area contributed by atoms with Gasteiger partial charge in [-0.15, -0.1) is 5.10 Å². The maximum absolute atomic E-state index is 11.8. The van der Waals surface area contributed by atoms with Crippen molar-refractivity contribution in [2.45, 2.75) is 20.8 Å². The second-order valence-corrected chi connectivity index (χ2v) is 3.83. The number of rotatable bonds is 3. The Morgan fingerprint density at radius 3 is 2.58 bits per heavy atom. The van der Waals surface area contributed by atoms with Crippen LogP contribution in [0.5, 0.6) is 0 Å². The lowest BCUT2D eigenvalue weighted by Crippen LogP contribution is -2.14. The topological polar surface area (TPSA) is 107 Å². The van der Waals surface area contributed by atoms with Gasteiger partial charge in [-0.25, -0.2) is 14.6 Å². The van der Waals surface area contributed by atoms with Crippen molar-refractivity contribution in [3.05, 3.63) is 22.8 Å². The molecule has 2 aromatic heterocycles. The maximum atomic E-state index is 11.8. The van der Waals surface area contributed by atoms with Gasteiger partial charge in [0, 0.05) is 0 Å². The molecule has 2 aromatic rings. The number of carbonyl (C=O) groups is 2. The van der Waals surface area contributed by atoms with E-state index in [-0.39, 0.29) is 23.8 Å². The Labute approximate surface area is 108 Å². The first kappa shape index (κ1) is 12.9. The summed E-state index contributed by atoms with van der Waals surface area (Å²) in [5, 5.41) is 12.6. The van der Waals surface area contributed by atoms with Gasteiger partial charge in [0.05, 0.1) is 18.0 Å². The van der Waals surface area contributed by atoms with E-state index in [1.165, 1.54) is 4.52 Å². The highest BCUT2D eigenvalue weighted by Gasteiger charge is 2.21. The van der Waals surface area contributed by atoms with Gasteiger partial charge in [0.25, 0.3) is 11.6 Å². The third-order valence-corrected chi connectivity index (χ3v) is 2.57. The van der Waals surface area contributed by atoms with Gasteiger partial charge in [-0.2, -0.15) is 9.50 Å². The molecule has 0 fully saturated rings. The van der Waals surface area contributed by atoms with Crippen LogP contribution < -0.4 is 0 Å². The van der Waals surface area contributed by atoms with Crippen LogP contribution in [-0.2, 0) is 4.74 Å². The van der Waals surface area contributed by atoms with Crippen LogP contribution in [0.2, 0.25) is 0 Å². The second-order valence-electron chi connectivity index (χ2n) is 3.83. The lowest BCUT2D eigenvalue weighted by Gasteiger charge is -2.08. The molecule has 0 atom stereocenters. The fraction of sp³-hybridized carbons (Fsp3) is 0.364. The molecular weight excluding hydrogens is 252 g/mol. The first-order chi connectivity index (χ1) is 8.95. The Hall–Kier alpha value is -2.51. The average Bonchev–Trinajstić information content (AvgIpc) is 2.73. The smallest absolute Gasteiger partial charge is 0.375 e. The number of fused-ring (bicyclic) bond motifs is 1. The van der Waals surface area contributed by atoms with Crippen molar-refractivity contribution in [2.75, 3.05) is 6.61 Å². The van der Waals surface area contributed by atoms with Crippen LogP contribution in [0.15, 0.2) is 0 Å². The van der Waals surface area contributed by atoms with Crippen LogP contribution in [0.3, 0.4) is 0 Å². The molecule has 2 rings (SSSR count). The molecule has 2 heterocycles. The Kier molecular flexibility index (Phi) is 3.16. The zero-order chi connectivity index (χ0) is 14.2. The van der Waals surface area contributed by atoms with Crippen LogP contribution in [0.4, 0.5) is 0 Å². The van der Waals surface area contributed by atoms with E-state index < -0.39 is 11.9 Å². The van der Waals surface area contributed by atoms with Crippen molar-refractivity contribution in [2.24, 2.45) is 0 Å². The van der Waals surface area contributed by atoms with Crippen LogP contribution in [0.25, 0.3) is 5.78 Å². The number of aromatic carboxylic acids is 1. The van der Waals surface area contributed by atoms with Crippen molar-refractivity contribution in [1.82, 2.24) is 19.6 Å². The van der Waals surface area contributed by atoms with Gasteiger partial charge < -0.3 is 9.84 Å². The third-order valence-electron chi connectivity index (χ3n) is 2.57. The molecule has 8 heteroatoms. The van der Waals surface area contributed by atoms with Crippen molar-refractivity contribution in [3.63, 3.8) is 0 Å². The minimum absolute atomic E-state index is 0.139. The summed E-state index contributed by atoms with van der Waals surface area (Å²) >= 11 is 0. The van der Waals surface area contributed by atoms with Crippen molar-refractivity contribution in [3.8, 4) is 0 Å². The summed E-state index contributed by atoms with van der Waals surface area (Å²) in [7, 11) is 0. The zero-order valence-electron chi connectivity index (χ0n) is 10.7. The highest BCUT2D eigenvalue weighted by molar-refractivity contribution is 5.92. The molecule has 0 aliphatic rings. The van der Waals surface area contributed by atoms with Gasteiger partial charge in [-0.1, -0.05) is 0 Å². The second kappa shape index (κ2) is 4.63. The number of hydrogen-bond acceptors (Lipinski definition) is 6. The SMILES string of the molecule is CCOC(=O)c1c(C)nc2nc(C(=O)O)nn2c1C. The summed E-state index contributed by atoms with van der Waals surface area (Å²) in [6.45, 7) is 5.21. The van der Waals surface area contributed by atoms with Crippen LogP contribution in [0, 0.1) is 13.8 Å². The molecule has 0 amide bonds. The minimum Gasteiger partial charge on any atom is -0.475 e. The Morgan fingerprint density at radius 1 is 1.32 bits per heavy atom. The molecule has 0 spiro atoms. The number of aromatic nitrogens is 4. The van der Waals surface area contributed by atoms with E-state index in [1.807, 2.05) is 0 Å². The molecule has 19 heavy (non-hydrogen) atoms. The Bertz CT molecular complexity index is 677. The molecule has 0 saturated heterocycles. The number of ether oxygens (including phenoxy) is 1. The first-order valence-electron chi connectivity index (χ1n) is 5.60. The van der Waals surface area contributed by atoms with Gasteiger partial charge in [0.2, 0.25) is 0 Å². The fourth-order valence-corrected chi connectivity index (χ4v) is 1.76. The molecule has 0 unspecified atom stereocenters. The summed E-state index contributed by atoms with van der Waals surface area (Å²) in [6.07, 6.45) is 0. The Balaban J connectivity index is 2.67. The molecule has 0 saturated carbocycles. The van der Waals surface area contributed by atoms with Gasteiger partial charge in [0.1, 0.15) is 5.56 Å². The number of carboxylic acids is 1. The number of nitrogens with zero attached hydrogens (tertiary/aromatic N) is 4. The summed E-state index contributed by atoms with van der Waals surface area (Å²) in [5.41, 5.74) is 1.14. The van der Waals surface area contributed by atoms with E-state index in [0.717, 1.165) is 0 Å². The lowest BCUT2D eigenvalue weighted by atomic mass is 10.2. The largest absolute Gasteiger partial charge is 0.475 e. The molecule has 0 bridgehead atoms. The van der Waals surface area contributed by atoms with E-state index in [1.54, 1.807) is 20.8 Å². The number of esters is 1. The van der Waals surface area contributed by atoms with Gasteiger partial charge >= 0.3 is 11.9 Å². The highest BCUT2D eigenvalue weighted by atomic mass is 16.5. The predicted molar refractivity (Wildman–Crippen MR) is 63.2 cm³/mol. The molecule has 8 nitrogen and oxygen atoms in total. The minimum atomic E-state index is -1.25.